The Morgan fingerprint density at radius 3 is 2.79 bits per heavy atom. The molecule has 2 unspecified atom stereocenters. The van der Waals surface area contributed by atoms with Gasteiger partial charge in [0.05, 0.1) is 17.8 Å². The van der Waals surface area contributed by atoms with Crippen molar-refractivity contribution in [2.24, 2.45) is 5.92 Å². The van der Waals surface area contributed by atoms with Crippen LogP contribution in [0.15, 0.2) is 23.1 Å². The van der Waals surface area contributed by atoms with Crippen molar-refractivity contribution in [2.45, 2.75) is 44.3 Å². The van der Waals surface area contributed by atoms with Crippen LogP contribution in [0.2, 0.25) is 0 Å². The van der Waals surface area contributed by atoms with Gasteiger partial charge in [0.2, 0.25) is 11.9 Å². The SMILES string of the molecule is N=COC(=O)CC[C@H](NC(=O)C1C=CC(NCc2cnc3nc(N)[nH]c(=O)c3n2)CC1)C(=O)O. The van der Waals surface area contributed by atoms with Gasteiger partial charge in [0.1, 0.15) is 6.04 Å². The van der Waals surface area contributed by atoms with Gasteiger partial charge in [-0.2, -0.15) is 4.98 Å². The summed E-state index contributed by atoms with van der Waals surface area (Å²) < 4.78 is 4.34. The van der Waals surface area contributed by atoms with Gasteiger partial charge in [-0.05, 0) is 19.3 Å². The average molecular weight is 472 g/mol. The number of esters is 1. The summed E-state index contributed by atoms with van der Waals surface area (Å²) in [6, 6.07) is -1.30. The van der Waals surface area contributed by atoms with Crippen molar-refractivity contribution in [1.82, 2.24) is 30.6 Å². The Hall–Kier alpha value is -4.20. The van der Waals surface area contributed by atoms with E-state index in [1.807, 2.05) is 6.08 Å². The number of carbonyl (C=O) groups is 3. The number of nitrogens with two attached hydrogens (primary N) is 1. The number of carboxylic acids is 1. The minimum Gasteiger partial charge on any atom is -0.480 e. The number of carboxylic acid groups (broad SMARTS) is 1. The van der Waals surface area contributed by atoms with Gasteiger partial charge < -0.3 is 26.2 Å². The monoisotopic (exact) mass is 472 g/mol. The van der Waals surface area contributed by atoms with Crippen LogP contribution in [0.5, 0.6) is 0 Å². The molecule has 180 valence electrons. The summed E-state index contributed by atoms with van der Waals surface area (Å²) in [5.74, 6) is -3.01. The van der Waals surface area contributed by atoms with Crippen LogP contribution in [0.4, 0.5) is 5.95 Å². The van der Waals surface area contributed by atoms with E-state index in [1.54, 1.807) is 6.08 Å². The molecule has 3 rings (SSSR count). The molecule has 14 nitrogen and oxygen atoms in total. The predicted molar refractivity (Wildman–Crippen MR) is 119 cm³/mol. The Kier molecular flexibility index (Phi) is 7.97. The summed E-state index contributed by atoms with van der Waals surface area (Å²) in [6.45, 7) is 0.325. The molecule has 7 N–H and O–H groups in total. The summed E-state index contributed by atoms with van der Waals surface area (Å²) >= 11 is 0. The number of amides is 1. The fourth-order valence-electron chi connectivity index (χ4n) is 3.42. The summed E-state index contributed by atoms with van der Waals surface area (Å²) in [7, 11) is 0. The Balaban J connectivity index is 1.52. The molecule has 1 aliphatic rings. The molecule has 0 fully saturated rings. The lowest BCUT2D eigenvalue weighted by atomic mass is 9.91. The number of rotatable bonds is 10. The number of nitrogen functional groups attached to an aromatic ring is 1. The van der Waals surface area contributed by atoms with Crippen LogP contribution in [-0.4, -0.2) is 61.4 Å². The Morgan fingerprint density at radius 1 is 1.32 bits per heavy atom. The third-order valence-electron chi connectivity index (χ3n) is 5.17. The zero-order valence-electron chi connectivity index (χ0n) is 18.0. The van der Waals surface area contributed by atoms with E-state index in [4.69, 9.17) is 11.1 Å². The molecule has 0 spiro atoms. The van der Waals surface area contributed by atoms with E-state index in [2.05, 4.69) is 35.3 Å². The highest BCUT2D eigenvalue weighted by molar-refractivity contribution is 5.86. The molecule has 14 heteroatoms. The van der Waals surface area contributed by atoms with Crippen LogP contribution in [0.25, 0.3) is 11.2 Å². The van der Waals surface area contributed by atoms with Gasteiger partial charge >= 0.3 is 11.9 Å². The smallest absolute Gasteiger partial charge is 0.326 e. The van der Waals surface area contributed by atoms with Crippen LogP contribution in [0.1, 0.15) is 31.4 Å². The van der Waals surface area contributed by atoms with Crippen molar-refractivity contribution in [3.63, 3.8) is 0 Å². The highest BCUT2D eigenvalue weighted by Gasteiger charge is 2.27. The molecular formula is C20H24N8O6. The third-order valence-corrected chi connectivity index (χ3v) is 5.17. The molecule has 3 atom stereocenters. The summed E-state index contributed by atoms with van der Waals surface area (Å²) in [4.78, 5) is 61.8. The highest BCUT2D eigenvalue weighted by Crippen LogP contribution is 2.19. The first kappa shape index (κ1) is 24.4. The first-order valence-corrected chi connectivity index (χ1v) is 10.4. The Bertz CT molecular complexity index is 1180. The van der Waals surface area contributed by atoms with Crippen molar-refractivity contribution < 1.29 is 24.2 Å². The number of fused-ring (bicyclic) bond motifs is 1. The zero-order chi connectivity index (χ0) is 24.7. The van der Waals surface area contributed by atoms with Gasteiger partial charge in [-0.3, -0.25) is 24.8 Å². The second kappa shape index (κ2) is 11.1. The number of H-pyrrole nitrogens is 1. The Labute approximate surface area is 192 Å². The number of nitrogens with zero attached hydrogens (tertiary/aromatic N) is 3. The van der Waals surface area contributed by atoms with E-state index < -0.39 is 35.4 Å². The van der Waals surface area contributed by atoms with E-state index in [9.17, 15) is 24.3 Å². The van der Waals surface area contributed by atoms with Crippen molar-refractivity contribution in [3.8, 4) is 0 Å². The number of aromatic amines is 1. The maximum absolute atomic E-state index is 12.5. The number of aromatic nitrogens is 4. The number of nitrogens with one attached hydrogen (secondary N) is 4. The predicted octanol–water partition coefficient (Wildman–Crippen LogP) is -0.780. The van der Waals surface area contributed by atoms with Crippen LogP contribution in [0.3, 0.4) is 0 Å². The normalized spacial score (nSPS) is 18.2. The Morgan fingerprint density at radius 2 is 2.12 bits per heavy atom. The standard InChI is InChI=1S/C20H24N8O6/c21-9-34-14(29)6-5-13(19(32)33)26-17(30)10-1-3-11(4-2-10)23-7-12-8-24-16-15(25-12)18(31)28-20(22)27-16/h1,3,8-11,13,21,23H,2,4-7H2,(H,26,30)(H,32,33)(H3,22,24,27,28,31)/t10?,11?,13-/m0/s1. The van der Waals surface area contributed by atoms with Gasteiger partial charge in [0.15, 0.2) is 17.6 Å². The zero-order valence-corrected chi connectivity index (χ0v) is 18.0. The van der Waals surface area contributed by atoms with E-state index >= 15 is 0 Å². The van der Waals surface area contributed by atoms with Crippen LogP contribution in [-0.2, 0) is 25.7 Å². The topological polar surface area (TPSA) is 226 Å². The molecule has 0 aromatic carbocycles. The first-order chi connectivity index (χ1) is 16.3. The lowest BCUT2D eigenvalue weighted by Crippen LogP contribution is -2.44. The quantitative estimate of drug-likeness (QED) is 0.109. The highest BCUT2D eigenvalue weighted by atomic mass is 16.5. The molecule has 0 saturated heterocycles. The minimum atomic E-state index is -1.26. The second-order valence-corrected chi connectivity index (χ2v) is 7.59. The van der Waals surface area contributed by atoms with E-state index in [0.29, 0.717) is 31.5 Å². The van der Waals surface area contributed by atoms with Crippen LogP contribution in [0, 0.1) is 11.3 Å². The van der Waals surface area contributed by atoms with Gasteiger partial charge in [-0.25, -0.2) is 14.8 Å². The molecular weight excluding hydrogens is 448 g/mol. The molecule has 34 heavy (non-hydrogen) atoms. The lowest BCUT2D eigenvalue weighted by molar-refractivity contribution is -0.143. The van der Waals surface area contributed by atoms with Gasteiger partial charge in [0.25, 0.3) is 5.56 Å². The van der Waals surface area contributed by atoms with Crippen LogP contribution >= 0.6 is 0 Å². The molecule has 1 amide bonds. The number of hydrogen-bond acceptors (Lipinski definition) is 11. The van der Waals surface area contributed by atoms with E-state index in [0.717, 1.165) is 0 Å². The van der Waals surface area contributed by atoms with Crippen LogP contribution < -0.4 is 21.9 Å². The summed E-state index contributed by atoms with van der Waals surface area (Å²) in [5, 5.41) is 21.7. The molecule has 0 aliphatic heterocycles. The van der Waals surface area contributed by atoms with Crippen molar-refractivity contribution >= 4 is 41.4 Å². The van der Waals surface area contributed by atoms with Gasteiger partial charge in [0, 0.05) is 19.0 Å². The van der Waals surface area contributed by atoms with E-state index in [-0.39, 0.29) is 36.0 Å². The largest absolute Gasteiger partial charge is 0.480 e. The van der Waals surface area contributed by atoms with Crippen molar-refractivity contribution in [1.29, 1.82) is 5.41 Å². The van der Waals surface area contributed by atoms with E-state index in [1.165, 1.54) is 6.20 Å². The fourth-order valence-corrected chi connectivity index (χ4v) is 3.42. The van der Waals surface area contributed by atoms with Gasteiger partial charge in [-0.1, -0.05) is 12.2 Å². The maximum atomic E-state index is 12.5. The lowest BCUT2D eigenvalue weighted by Gasteiger charge is -2.24. The molecule has 0 saturated carbocycles. The molecule has 2 heterocycles. The number of hydrogen-bond donors (Lipinski definition) is 6. The second-order valence-electron chi connectivity index (χ2n) is 7.59. The number of aliphatic carboxylic acids is 1. The first-order valence-electron chi connectivity index (χ1n) is 10.4. The van der Waals surface area contributed by atoms with Crippen molar-refractivity contribution in [3.05, 3.63) is 34.4 Å². The van der Waals surface area contributed by atoms with Crippen molar-refractivity contribution in [2.75, 3.05) is 5.73 Å². The minimum absolute atomic E-state index is 0.0383. The summed E-state index contributed by atoms with van der Waals surface area (Å²) in [6.07, 6.45) is 6.17. The maximum Gasteiger partial charge on any atom is 0.326 e. The molecule has 0 bridgehead atoms. The molecule has 0 radical (unpaired) electrons. The number of ether oxygens (including phenoxy) is 1. The molecule has 2 aromatic heterocycles. The molecule has 2 aromatic rings. The summed E-state index contributed by atoms with van der Waals surface area (Å²) in [5.41, 5.74) is 5.79. The third kappa shape index (κ3) is 6.41. The van der Waals surface area contributed by atoms with Gasteiger partial charge in [-0.15, -0.1) is 0 Å². The molecule has 1 aliphatic carbocycles. The number of anilines is 1. The number of carbonyl (C=O) groups excluding carboxylic acids is 2. The fraction of sp³-hybridized carbons (Fsp3) is 0.400. The average Bonchev–Trinajstić information content (AvgIpc) is 2.80.